The van der Waals surface area contributed by atoms with Gasteiger partial charge in [-0.2, -0.15) is 0 Å². The molecular weight excluding hydrogens is 286 g/mol. The largest absolute Gasteiger partial charge is 0.391 e. The predicted octanol–water partition coefficient (Wildman–Crippen LogP) is 1.40. The second-order valence-corrected chi connectivity index (χ2v) is 7.69. The van der Waals surface area contributed by atoms with E-state index in [1.54, 1.807) is 12.3 Å². The Labute approximate surface area is 117 Å². The summed E-state index contributed by atoms with van der Waals surface area (Å²) < 4.78 is 33.1. The first kappa shape index (κ1) is 14.9. The molecule has 108 valence electrons. The molecule has 0 aromatic carbocycles. The van der Waals surface area contributed by atoms with E-state index in [1.165, 1.54) is 11.3 Å². The van der Waals surface area contributed by atoms with Gasteiger partial charge in [-0.05, 0) is 37.6 Å². The average molecular weight is 305 g/mol. The van der Waals surface area contributed by atoms with Crippen molar-refractivity contribution in [2.75, 3.05) is 13.2 Å². The van der Waals surface area contributed by atoms with Crippen molar-refractivity contribution < 1.29 is 18.3 Å². The topological polar surface area (TPSA) is 75.6 Å². The molecule has 1 aliphatic heterocycles. The number of hydrogen-bond donors (Lipinski definition) is 2. The summed E-state index contributed by atoms with van der Waals surface area (Å²) in [6.07, 6.45) is 1.31. The Kier molecular flexibility index (Phi) is 4.32. The first-order chi connectivity index (χ1) is 8.88. The van der Waals surface area contributed by atoms with Crippen molar-refractivity contribution in [3.63, 3.8) is 0 Å². The van der Waals surface area contributed by atoms with Crippen LogP contribution in [0.4, 0.5) is 0 Å². The highest BCUT2D eigenvalue weighted by Crippen LogP contribution is 2.29. The lowest BCUT2D eigenvalue weighted by Crippen LogP contribution is -2.49. The number of hydrogen-bond acceptors (Lipinski definition) is 5. The summed E-state index contributed by atoms with van der Waals surface area (Å²) in [6.45, 7) is 4.52. The summed E-state index contributed by atoms with van der Waals surface area (Å²) in [7, 11) is -3.60. The summed E-state index contributed by atoms with van der Waals surface area (Å²) in [5.74, 6) is 0. The number of thiophene rings is 1. The first-order valence-electron chi connectivity index (χ1n) is 6.17. The molecule has 0 spiro atoms. The summed E-state index contributed by atoms with van der Waals surface area (Å²) in [5.41, 5.74) is 0.204. The lowest BCUT2D eigenvalue weighted by atomic mass is 9.94. The van der Waals surface area contributed by atoms with Gasteiger partial charge >= 0.3 is 0 Å². The number of aliphatic hydroxyl groups excluding tert-OH is 1. The van der Waals surface area contributed by atoms with E-state index in [-0.39, 0.29) is 11.5 Å². The zero-order valence-electron chi connectivity index (χ0n) is 11.1. The third kappa shape index (κ3) is 3.17. The molecule has 0 amide bonds. The quantitative estimate of drug-likeness (QED) is 0.881. The van der Waals surface area contributed by atoms with Gasteiger partial charge in [0.1, 0.15) is 4.90 Å². The minimum absolute atomic E-state index is 0.229. The van der Waals surface area contributed by atoms with E-state index >= 15 is 0 Å². The Hall–Kier alpha value is -0.470. The molecule has 0 radical (unpaired) electrons. The molecule has 1 saturated heterocycles. The fourth-order valence-electron chi connectivity index (χ4n) is 2.26. The van der Waals surface area contributed by atoms with Crippen molar-refractivity contribution in [1.29, 1.82) is 0 Å². The van der Waals surface area contributed by atoms with Crippen molar-refractivity contribution in [1.82, 2.24) is 4.72 Å². The van der Waals surface area contributed by atoms with Crippen molar-refractivity contribution in [2.45, 2.75) is 43.7 Å². The van der Waals surface area contributed by atoms with Gasteiger partial charge in [0, 0.05) is 18.8 Å². The lowest BCUT2D eigenvalue weighted by Gasteiger charge is -2.34. The molecule has 5 nitrogen and oxygen atoms in total. The molecule has 0 aliphatic carbocycles. The molecule has 7 heteroatoms. The highest BCUT2D eigenvalue weighted by molar-refractivity contribution is 7.89. The molecular formula is C12H19NO4S2. The van der Waals surface area contributed by atoms with Crippen LogP contribution < -0.4 is 4.72 Å². The van der Waals surface area contributed by atoms with Crippen LogP contribution in [0.15, 0.2) is 10.3 Å². The summed E-state index contributed by atoms with van der Waals surface area (Å²) in [6, 6.07) is 0. The van der Waals surface area contributed by atoms with E-state index in [9.17, 15) is 13.5 Å². The zero-order valence-corrected chi connectivity index (χ0v) is 12.7. The van der Waals surface area contributed by atoms with Crippen LogP contribution in [0.2, 0.25) is 0 Å². The molecule has 2 N–H and O–H groups in total. The Bertz CT molecular complexity index is 544. The van der Waals surface area contributed by atoms with Crippen LogP contribution in [0.25, 0.3) is 0 Å². The molecule has 1 aromatic rings. The smallest absolute Gasteiger partial charge is 0.242 e. The summed E-state index contributed by atoms with van der Waals surface area (Å²) in [4.78, 5) is 0.716. The average Bonchev–Trinajstić information content (AvgIpc) is 2.70. The van der Waals surface area contributed by atoms with Crippen LogP contribution in [0, 0.1) is 6.92 Å². The van der Waals surface area contributed by atoms with Crippen molar-refractivity contribution in [3.8, 4) is 0 Å². The fourth-order valence-corrected chi connectivity index (χ4v) is 5.39. The maximum absolute atomic E-state index is 12.5. The van der Waals surface area contributed by atoms with E-state index in [0.29, 0.717) is 36.5 Å². The number of rotatable bonds is 4. The van der Waals surface area contributed by atoms with Crippen LogP contribution in [0.3, 0.4) is 0 Å². The summed E-state index contributed by atoms with van der Waals surface area (Å²) in [5, 5.41) is 11.0. The number of nitrogens with one attached hydrogen (secondary N) is 1. The number of sulfonamides is 1. The van der Waals surface area contributed by atoms with Gasteiger partial charge in [0.25, 0.3) is 0 Å². The highest BCUT2D eigenvalue weighted by Gasteiger charge is 2.34. The second-order valence-electron chi connectivity index (χ2n) is 5.11. The minimum atomic E-state index is -3.60. The third-order valence-electron chi connectivity index (χ3n) is 3.38. The van der Waals surface area contributed by atoms with Gasteiger partial charge < -0.3 is 9.84 Å². The Morgan fingerprint density at radius 2 is 2.11 bits per heavy atom. The monoisotopic (exact) mass is 305 g/mol. The standard InChI is InChI=1S/C12H19NO4S2/c1-9-8-18-10(7-14)11(9)19(15,16)13-12(2)3-5-17-6-4-12/h8,13-14H,3-7H2,1-2H3. The molecule has 1 aromatic heterocycles. The zero-order chi connectivity index (χ0) is 14.1. The third-order valence-corrected chi connectivity index (χ3v) is 6.46. The van der Waals surface area contributed by atoms with Gasteiger partial charge in [0.2, 0.25) is 10.0 Å². The summed E-state index contributed by atoms with van der Waals surface area (Å²) >= 11 is 1.27. The normalized spacial score (nSPS) is 19.5. The number of aryl methyl sites for hydroxylation is 1. The van der Waals surface area contributed by atoms with Gasteiger partial charge in [0.15, 0.2) is 0 Å². The number of aliphatic hydroxyl groups is 1. The van der Waals surface area contributed by atoms with Crippen LogP contribution in [-0.2, 0) is 21.4 Å². The van der Waals surface area contributed by atoms with Gasteiger partial charge in [-0.25, -0.2) is 13.1 Å². The second kappa shape index (κ2) is 5.49. The molecule has 0 saturated carbocycles. The van der Waals surface area contributed by atoms with E-state index in [4.69, 9.17) is 4.74 Å². The van der Waals surface area contributed by atoms with Crippen LogP contribution in [-0.4, -0.2) is 32.3 Å². The maximum Gasteiger partial charge on any atom is 0.242 e. The molecule has 0 bridgehead atoms. The molecule has 19 heavy (non-hydrogen) atoms. The lowest BCUT2D eigenvalue weighted by molar-refractivity contribution is 0.0537. The van der Waals surface area contributed by atoms with Gasteiger partial charge in [-0.3, -0.25) is 0 Å². The van der Waals surface area contributed by atoms with Gasteiger partial charge in [-0.15, -0.1) is 11.3 Å². The van der Waals surface area contributed by atoms with E-state index < -0.39 is 15.6 Å². The van der Waals surface area contributed by atoms with Crippen LogP contribution in [0.5, 0.6) is 0 Å². The predicted molar refractivity (Wildman–Crippen MR) is 73.8 cm³/mol. The van der Waals surface area contributed by atoms with E-state index in [0.717, 1.165) is 0 Å². The maximum atomic E-state index is 12.5. The van der Waals surface area contributed by atoms with Gasteiger partial charge in [-0.1, -0.05) is 0 Å². The fraction of sp³-hybridized carbons (Fsp3) is 0.667. The Morgan fingerprint density at radius 3 is 2.68 bits per heavy atom. The minimum Gasteiger partial charge on any atom is -0.391 e. The molecule has 0 unspecified atom stereocenters. The molecule has 2 heterocycles. The van der Waals surface area contributed by atoms with Crippen molar-refractivity contribution in [3.05, 3.63) is 15.8 Å². The van der Waals surface area contributed by atoms with Crippen molar-refractivity contribution >= 4 is 21.4 Å². The Morgan fingerprint density at radius 1 is 1.47 bits per heavy atom. The Balaban J connectivity index is 2.29. The van der Waals surface area contributed by atoms with Crippen LogP contribution in [0.1, 0.15) is 30.2 Å². The highest BCUT2D eigenvalue weighted by atomic mass is 32.2. The van der Waals surface area contributed by atoms with Crippen molar-refractivity contribution in [2.24, 2.45) is 0 Å². The van der Waals surface area contributed by atoms with Crippen LogP contribution >= 0.6 is 11.3 Å². The van der Waals surface area contributed by atoms with E-state index in [1.807, 2.05) is 6.92 Å². The molecule has 1 fully saturated rings. The van der Waals surface area contributed by atoms with Gasteiger partial charge in [0.05, 0.1) is 11.5 Å². The van der Waals surface area contributed by atoms with E-state index in [2.05, 4.69) is 4.72 Å². The molecule has 0 atom stereocenters. The SMILES string of the molecule is Cc1csc(CO)c1S(=O)(=O)NC1(C)CCOCC1. The number of ether oxygens (including phenoxy) is 1. The molecule has 1 aliphatic rings. The molecule has 2 rings (SSSR count). The first-order valence-corrected chi connectivity index (χ1v) is 8.54.